The fourth-order valence-electron chi connectivity index (χ4n) is 3.20. The highest BCUT2D eigenvalue weighted by Gasteiger charge is 2.30. The van der Waals surface area contributed by atoms with Gasteiger partial charge in [-0.3, -0.25) is 14.3 Å². The van der Waals surface area contributed by atoms with E-state index in [2.05, 4.69) is 30.9 Å². The van der Waals surface area contributed by atoms with E-state index in [0.29, 0.717) is 22.8 Å². The molecule has 1 aromatic carbocycles. The number of anilines is 3. The number of benzene rings is 1. The summed E-state index contributed by atoms with van der Waals surface area (Å²) in [5, 5.41) is 39.0. The van der Waals surface area contributed by atoms with Gasteiger partial charge in [-0.2, -0.15) is 5.10 Å². The van der Waals surface area contributed by atoms with Gasteiger partial charge in [0.15, 0.2) is 28.9 Å². The van der Waals surface area contributed by atoms with Crippen molar-refractivity contribution in [2.75, 3.05) is 17.7 Å². The molecule has 4 rings (SSSR count). The Bertz CT molecular complexity index is 1240. The minimum Gasteiger partial charge on any atom is -0.494 e. The van der Waals surface area contributed by atoms with E-state index in [9.17, 15) is 19.8 Å². The lowest BCUT2D eigenvalue weighted by Gasteiger charge is -2.20. The molecule has 13 nitrogen and oxygen atoms in total. The van der Waals surface area contributed by atoms with Gasteiger partial charge in [0.05, 0.1) is 24.0 Å². The number of ether oxygens (including phenoxy) is 1. The van der Waals surface area contributed by atoms with E-state index < -0.39 is 11.7 Å². The van der Waals surface area contributed by atoms with Crippen LogP contribution in [0.1, 0.15) is 23.3 Å². The molecule has 5 N–H and O–H groups in total. The first kappa shape index (κ1) is 23.1. The predicted octanol–water partition coefficient (Wildman–Crippen LogP) is -0.668. The molecule has 2 amide bonds. The van der Waals surface area contributed by atoms with Gasteiger partial charge in [0.25, 0.3) is 5.91 Å². The molecule has 3 aromatic rings. The summed E-state index contributed by atoms with van der Waals surface area (Å²) in [5.74, 6) is -2.66. The van der Waals surface area contributed by atoms with Crippen molar-refractivity contribution in [3.8, 4) is 17.1 Å². The molecule has 0 atom stereocenters. The van der Waals surface area contributed by atoms with Crippen molar-refractivity contribution in [3.05, 3.63) is 36.3 Å². The normalized spacial score (nSPS) is 13.3. The lowest BCUT2D eigenvalue weighted by atomic mass is 10.0. The molecule has 0 saturated heterocycles. The van der Waals surface area contributed by atoms with Gasteiger partial charge in [-0.25, -0.2) is 4.98 Å². The molecule has 0 unspecified atom stereocenters. The van der Waals surface area contributed by atoms with E-state index in [1.54, 1.807) is 36.3 Å². The minimum absolute atomic E-state index is 0.0617. The van der Waals surface area contributed by atoms with Crippen LogP contribution in [0.4, 0.5) is 17.2 Å². The molecular formula is C20H23BN8O5. The molecule has 1 fully saturated rings. The fraction of sp³-hybridized carbons (Fsp3) is 0.300. The van der Waals surface area contributed by atoms with Crippen molar-refractivity contribution in [1.82, 2.24) is 30.3 Å². The number of hydrogen-bond donors (Lipinski definition) is 5. The molecular weight excluding hydrogens is 443 g/mol. The Morgan fingerprint density at radius 2 is 2.00 bits per heavy atom. The van der Waals surface area contributed by atoms with Gasteiger partial charge in [0.2, 0.25) is 13.8 Å². The second-order valence-electron chi connectivity index (χ2n) is 7.98. The molecule has 0 radical (unpaired) electrons. The second kappa shape index (κ2) is 9.07. The zero-order chi connectivity index (χ0) is 24.5. The van der Waals surface area contributed by atoms with Gasteiger partial charge >= 0.3 is 0 Å². The maximum atomic E-state index is 12.7. The molecule has 14 heteroatoms. The van der Waals surface area contributed by atoms with Crippen LogP contribution in [-0.2, 0) is 11.8 Å². The maximum Gasteiger partial charge on any atom is 0.277 e. The highest BCUT2D eigenvalue weighted by Crippen LogP contribution is 2.37. The first-order valence-electron chi connectivity index (χ1n) is 10.4. The summed E-state index contributed by atoms with van der Waals surface area (Å²) < 4.78 is 7.15. The van der Waals surface area contributed by atoms with Crippen LogP contribution >= 0.6 is 0 Å². The van der Waals surface area contributed by atoms with Crippen LogP contribution in [0.25, 0.3) is 11.4 Å². The Balaban J connectivity index is 1.72. The quantitative estimate of drug-likeness (QED) is 0.211. The van der Waals surface area contributed by atoms with E-state index in [1.807, 2.05) is 5.32 Å². The number of amides is 2. The average Bonchev–Trinajstić information content (AvgIpc) is 3.53. The number of nitrogens with zero attached hydrogens (tertiary/aromatic N) is 5. The van der Waals surface area contributed by atoms with Crippen LogP contribution in [0.15, 0.2) is 30.6 Å². The molecule has 0 spiro atoms. The molecule has 0 aliphatic heterocycles. The molecule has 1 aliphatic carbocycles. The lowest BCUT2D eigenvalue weighted by Crippen LogP contribution is -2.49. The zero-order valence-electron chi connectivity index (χ0n) is 18.7. The molecule has 2 aromatic heterocycles. The number of aromatic nitrogens is 5. The number of methoxy groups -OCH3 is 1. The standard InChI is InChI=1S/C20H23BN8O5/c1-29-9-22-17(28-29)11-4-3-5-12(16(11)34-2)23-13-8-14(24-18(30)10-6-7-10)26-27-15(13)19(31)25-20(21,32)33/h3-5,8-10,32-33H,6-7,21H2,1-2H3,(H,25,31)(H2,23,24,26,30). The molecule has 0 bridgehead atoms. The summed E-state index contributed by atoms with van der Waals surface area (Å²) in [5.41, 5.74) is 0.959. The Kier molecular flexibility index (Phi) is 6.17. The molecule has 1 saturated carbocycles. The van der Waals surface area contributed by atoms with E-state index in [4.69, 9.17) is 4.74 Å². The lowest BCUT2D eigenvalue weighted by molar-refractivity contribution is -0.117. The van der Waals surface area contributed by atoms with Gasteiger partial charge in [-0.1, -0.05) is 6.07 Å². The third-order valence-corrected chi connectivity index (χ3v) is 4.89. The number of rotatable bonds is 8. The van der Waals surface area contributed by atoms with Crippen molar-refractivity contribution in [2.24, 2.45) is 13.0 Å². The Morgan fingerprint density at radius 3 is 2.62 bits per heavy atom. The monoisotopic (exact) mass is 466 g/mol. The number of para-hydroxylation sites is 1. The Labute approximate surface area is 195 Å². The van der Waals surface area contributed by atoms with Crippen molar-refractivity contribution in [2.45, 2.75) is 18.7 Å². The maximum absolute atomic E-state index is 12.7. The van der Waals surface area contributed by atoms with Crippen molar-refractivity contribution < 1.29 is 24.5 Å². The number of aryl methyl sites for hydroxylation is 1. The van der Waals surface area contributed by atoms with Gasteiger partial charge in [0, 0.05) is 19.0 Å². The highest BCUT2D eigenvalue weighted by molar-refractivity contribution is 6.15. The second-order valence-corrected chi connectivity index (χ2v) is 7.98. The third-order valence-electron chi connectivity index (χ3n) is 4.89. The van der Waals surface area contributed by atoms with Gasteiger partial charge < -0.3 is 30.9 Å². The first-order valence-corrected chi connectivity index (χ1v) is 10.4. The van der Waals surface area contributed by atoms with Gasteiger partial charge in [-0.05, 0) is 25.0 Å². The molecule has 2 heterocycles. The first-order chi connectivity index (χ1) is 16.1. The summed E-state index contributed by atoms with van der Waals surface area (Å²) in [4.78, 5) is 29.1. The highest BCUT2D eigenvalue weighted by atomic mass is 16.5. The Hall–Kier alpha value is -4.04. The predicted molar refractivity (Wildman–Crippen MR) is 123 cm³/mol. The van der Waals surface area contributed by atoms with Crippen LogP contribution in [0.2, 0.25) is 0 Å². The fourth-order valence-corrected chi connectivity index (χ4v) is 3.20. The third kappa shape index (κ3) is 5.30. The van der Waals surface area contributed by atoms with E-state index in [-0.39, 0.29) is 29.0 Å². The summed E-state index contributed by atoms with van der Waals surface area (Å²) in [6.45, 7) is 0. The number of aliphatic hydroxyl groups is 2. The Morgan fingerprint density at radius 1 is 1.24 bits per heavy atom. The van der Waals surface area contributed by atoms with Crippen molar-refractivity contribution in [1.29, 1.82) is 0 Å². The largest absolute Gasteiger partial charge is 0.494 e. The number of hydrogen-bond acceptors (Lipinski definition) is 10. The summed E-state index contributed by atoms with van der Waals surface area (Å²) in [6, 6.07) is 6.67. The molecule has 1 aliphatic rings. The van der Waals surface area contributed by atoms with E-state index >= 15 is 0 Å². The van der Waals surface area contributed by atoms with Crippen LogP contribution in [0.5, 0.6) is 5.75 Å². The topological polar surface area (TPSA) is 176 Å². The number of carbonyl (C=O) groups is 2. The van der Waals surface area contributed by atoms with Crippen LogP contribution in [-0.4, -0.2) is 67.8 Å². The average molecular weight is 466 g/mol. The smallest absolute Gasteiger partial charge is 0.277 e. The van der Waals surface area contributed by atoms with Gasteiger partial charge in [-0.15, -0.1) is 10.2 Å². The summed E-state index contributed by atoms with van der Waals surface area (Å²) >= 11 is 0. The van der Waals surface area contributed by atoms with Crippen LogP contribution in [0.3, 0.4) is 0 Å². The van der Waals surface area contributed by atoms with Gasteiger partial charge in [0.1, 0.15) is 6.33 Å². The van der Waals surface area contributed by atoms with Crippen molar-refractivity contribution in [3.63, 3.8) is 0 Å². The van der Waals surface area contributed by atoms with E-state index in [1.165, 1.54) is 13.2 Å². The van der Waals surface area contributed by atoms with Crippen molar-refractivity contribution >= 4 is 36.9 Å². The zero-order valence-corrected chi connectivity index (χ0v) is 18.7. The number of nitrogens with one attached hydrogen (secondary N) is 3. The molecule has 176 valence electrons. The molecule has 34 heavy (non-hydrogen) atoms. The number of carbonyl (C=O) groups excluding carboxylic acids is 2. The van der Waals surface area contributed by atoms with Crippen LogP contribution < -0.4 is 20.7 Å². The van der Waals surface area contributed by atoms with E-state index in [0.717, 1.165) is 20.7 Å². The SMILES string of the molecule is BC(O)(O)NC(=O)c1nnc(NC(=O)C2CC2)cc1Nc1cccc(-c2ncn(C)n2)c1OC. The summed E-state index contributed by atoms with van der Waals surface area (Å²) in [6.07, 6.45) is 3.17. The minimum atomic E-state index is -2.48. The summed E-state index contributed by atoms with van der Waals surface area (Å²) in [7, 11) is 4.21. The van der Waals surface area contributed by atoms with Crippen LogP contribution in [0, 0.1) is 5.92 Å².